The van der Waals surface area contributed by atoms with E-state index in [9.17, 15) is 4.79 Å². The standard InChI is InChI=1S/C15H24N4O/c20-15(10-16-13-5-1-2-6-13)19-9-3-4-12(11-19)14-7-8-17-18-14/h7-8,12-13,16H,1-6,9-11H2,(H,17,18). The van der Waals surface area contributed by atoms with Crippen LogP contribution in [0.2, 0.25) is 0 Å². The second kappa shape index (κ2) is 6.39. The molecule has 5 nitrogen and oxygen atoms in total. The molecular weight excluding hydrogens is 252 g/mol. The van der Waals surface area contributed by atoms with Crippen LogP contribution in [-0.4, -0.2) is 46.7 Å². The van der Waals surface area contributed by atoms with Gasteiger partial charge >= 0.3 is 0 Å². The maximum Gasteiger partial charge on any atom is 0.236 e. The van der Waals surface area contributed by atoms with Crippen molar-refractivity contribution in [1.82, 2.24) is 20.4 Å². The highest BCUT2D eigenvalue weighted by molar-refractivity contribution is 5.78. The minimum Gasteiger partial charge on any atom is -0.341 e. The van der Waals surface area contributed by atoms with Crippen molar-refractivity contribution in [2.75, 3.05) is 19.6 Å². The van der Waals surface area contributed by atoms with Gasteiger partial charge in [-0.05, 0) is 31.7 Å². The van der Waals surface area contributed by atoms with Gasteiger partial charge in [-0.1, -0.05) is 12.8 Å². The highest BCUT2D eigenvalue weighted by Crippen LogP contribution is 2.25. The second-order valence-electron chi connectivity index (χ2n) is 6.05. The number of nitrogens with one attached hydrogen (secondary N) is 2. The van der Waals surface area contributed by atoms with Gasteiger partial charge in [0.2, 0.25) is 5.91 Å². The molecule has 3 rings (SSSR count). The molecule has 1 saturated heterocycles. The fraction of sp³-hybridized carbons (Fsp3) is 0.733. The van der Waals surface area contributed by atoms with E-state index in [0.717, 1.165) is 31.6 Å². The van der Waals surface area contributed by atoms with E-state index in [-0.39, 0.29) is 5.91 Å². The molecule has 1 aromatic rings. The number of rotatable bonds is 4. The van der Waals surface area contributed by atoms with E-state index in [1.54, 1.807) is 6.20 Å². The van der Waals surface area contributed by atoms with Gasteiger partial charge in [-0.2, -0.15) is 5.10 Å². The summed E-state index contributed by atoms with van der Waals surface area (Å²) < 4.78 is 0. The third-order valence-electron chi connectivity index (χ3n) is 4.63. The molecule has 5 heteroatoms. The fourth-order valence-corrected chi connectivity index (χ4v) is 3.42. The van der Waals surface area contributed by atoms with Crippen LogP contribution < -0.4 is 5.32 Å². The van der Waals surface area contributed by atoms with Gasteiger partial charge in [0.05, 0.1) is 6.54 Å². The van der Waals surface area contributed by atoms with Crippen LogP contribution in [0.15, 0.2) is 12.3 Å². The first-order valence-electron chi connectivity index (χ1n) is 7.83. The third kappa shape index (κ3) is 3.20. The Bertz CT molecular complexity index is 425. The maximum atomic E-state index is 12.3. The topological polar surface area (TPSA) is 61.0 Å². The highest BCUT2D eigenvalue weighted by atomic mass is 16.2. The molecule has 1 amide bonds. The summed E-state index contributed by atoms with van der Waals surface area (Å²) >= 11 is 0. The van der Waals surface area contributed by atoms with Crippen molar-refractivity contribution in [3.05, 3.63) is 18.0 Å². The van der Waals surface area contributed by atoms with Crippen molar-refractivity contribution in [3.63, 3.8) is 0 Å². The number of H-pyrrole nitrogens is 1. The number of hydrogen-bond acceptors (Lipinski definition) is 3. The van der Waals surface area contributed by atoms with Gasteiger partial charge in [0.25, 0.3) is 0 Å². The van der Waals surface area contributed by atoms with Crippen molar-refractivity contribution < 1.29 is 4.79 Å². The Kier molecular flexibility index (Phi) is 4.35. The number of likely N-dealkylation sites (tertiary alicyclic amines) is 1. The smallest absolute Gasteiger partial charge is 0.236 e. The Balaban J connectivity index is 1.49. The van der Waals surface area contributed by atoms with Crippen LogP contribution in [0.5, 0.6) is 0 Å². The quantitative estimate of drug-likeness (QED) is 0.879. The lowest BCUT2D eigenvalue weighted by Gasteiger charge is -2.32. The third-order valence-corrected chi connectivity index (χ3v) is 4.63. The summed E-state index contributed by atoms with van der Waals surface area (Å²) in [6.07, 6.45) is 9.07. The van der Waals surface area contributed by atoms with Crippen molar-refractivity contribution in [2.24, 2.45) is 0 Å². The van der Waals surface area contributed by atoms with E-state index in [4.69, 9.17) is 0 Å². The average molecular weight is 276 g/mol. The second-order valence-corrected chi connectivity index (χ2v) is 6.05. The molecule has 2 N–H and O–H groups in total. The minimum absolute atomic E-state index is 0.251. The largest absolute Gasteiger partial charge is 0.341 e. The predicted octanol–water partition coefficient (Wildman–Crippen LogP) is 1.65. The highest BCUT2D eigenvalue weighted by Gasteiger charge is 2.26. The normalized spacial score (nSPS) is 24.2. The summed E-state index contributed by atoms with van der Waals surface area (Å²) in [6, 6.07) is 2.59. The number of carbonyl (C=O) groups is 1. The fourth-order valence-electron chi connectivity index (χ4n) is 3.42. The number of aromatic amines is 1. The number of hydrogen-bond donors (Lipinski definition) is 2. The molecule has 1 aromatic heterocycles. The molecule has 1 unspecified atom stereocenters. The summed E-state index contributed by atoms with van der Waals surface area (Å²) in [5, 5.41) is 10.5. The lowest BCUT2D eigenvalue weighted by atomic mass is 9.95. The number of carbonyl (C=O) groups excluding carboxylic acids is 1. The van der Waals surface area contributed by atoms with Crippen LogP contribution in [0.25, 0.3) is 0 Å². The van der Waals surface area contributed by atoms with Gasteiger partial charge in [0.15, 0.2) is 0 Å². The summed E-state index contributed by atoms with van der Waals surface area (Å²) in [5.74, 6) is 0.669. The molecule has 1 atom stereocenters. The number of nitrogens with zero attached hydrogens (tertiary/aromatic N) is 2. The van der Waals surface area contributed by atoms with Crippen molar-refractivity contribution in [1.29, 1.82) is 0 Å². The molecule has 1 aliphatic carbocycles. The first kappa shape index (κ1) is 13.6. The Morgan fingerprint density at radius 3 is 2.95 bits per heavy atom. The molecule has 0 aromatic carbocycles. The minimum atomic E-state index is 0.251. The molecule has 2 fully saturated rings. The lowest BCUT2D eigenvalue weighted by Crippen LogP contribution is -2.45. The zero-order chi connectivity index (χ0) is 13.8. The molecule has 1 saturated carbocycles. The van der Waals surface area contributed by atoms with Gasteiger partial charge < -0.3 is 10.2 Å². The molecule has 2 heterocycles. The number of piperidine rings is 1. The van der Waals surface area contributed by atoms with E-state index in [2.05, 4.69) is 15.5 Å². The SMILES string of the molecule is O=C(CNC1CCCC1)N1CCCC(c2ccn[nH]2)C1. The first-order valence-corrected chi connectivity index (χ1v) is 7.83. The molecular formula is C15H24N4O. The van der Waals surface area contributed by atoms with Crippen LogP contribution >= 0.6 is 0 Å². The molecule has 1 aliphatic heterocycles. The first-order chi connectivity index (χ1) is 9.83. The molecule has 0 bridgehead atoms. The van der Waals surface area contributed by atoms with Gasteiger partial charge in [-0.25, -0.2) is 0 Å². The van der Waals surface area contributed by atoms with Gasteiger partial charge in [-0.15, -0.1) is 0 Å². The van der Waals surface area contributed by atoms with E-state index < -0.39 is 0 Å². The average Bonchev–Trinajstić information content (AvgIpc) is 3.18. The number of amides is 1. The van der Waals surface area contributed by atoms with E-state index in [1.807, 2.05) is 11.0 Å². The van der Waals surface area contributed by atoms with Gasteiger partial charge in [0, 0.05) is 36.9 Å². The molecule has 0 radical (unpaired) electrons. The summed E-state index contributed by atoms with van der Waals surface area (Å²) in [6.45, 7) is 2.23. The molecule has 2 aliphatic rings. The summed E-state index contributed by atoms with van der Waals surface area (Å²) in [4.78, 5) is 14.3. The van der Waals surface area contributed by atoms with Crippen LogP contribution in [0.4, 0.5) is 0 Å². The van der Waals surface area contributed by atoms with Gasteiger partial charge in [-0.3, -0.25) is 9.89 Å². The summed E-state index contributed by atoms with van der Waals surface area (Å²) in [7, 11) is 0. The zero-order valence-corrected chi connectivity index (χ0v) is 12.0. The molecule has 20 heavy (non-hydrogen) atoms. The Labute approximate surface area is 120 Å². The lowest BCUT2D eigenvalue weighted by molar-refractivity contribution is -0.131. The van der Waals surface area contributed by atoms with Crippen LogP contribution in [-0.2, 0) is 4.79 Å². The number of aromatic nitrogens is 2. The van der Waals surface area contributed by atoms with Crippen LogP contribution in [0.3, 0.4) is 0 Å². The van der Waals surface area contributed by atoms with E-state index >= 15 is 0 Å². The van der Waals surface area contributed by atoms with E-state index in [0.29, 0.717) is 18.5 Å². The monoisotopic (exact) mass is 276 g/mol. The van der Waals surface area contributed by atoms with Crippen LogP contribution in [0, 0.1) is 0 Å². The Morgan fingerprint density at radius 1 is 1.35 bits per heavy atom. The molecule has 0 spiro atoms. The van der Waals surface area contributed by atoms with Gasteiger partial charge in [0.1, 0.15) is 0 Å². The zero-order valence-electron chi connectivity index (χ0n) is 12.0. The van der Waals surface area contributed by atoms with E-state index in [1.165, 1.54) is 25.7 Å². The van der Waals surface area contributed by atoms with Crippen LogP contribution in [0.1, 0.15) is 50.1 Å². The van der Waals surface area contributed by atoms with Crippen molar-refractivity contribution in [2.45, 2.75) is 50.5 Å². The maximum absolute atomic E-state index is 12.3. The Morgan fingerprint density at radius 2 is 2.20 bits per heavy atom. The van der Waals surface area contributed by atoms with Crippen molar-refractivity contribution in [3.8, 4) is 0 Å². The predicted molar refractivity (Wildman–Crippen MR) is 77.4 cm³/mol. The molecule has 110 valence electrons. The Hall–Kier alpha value is -1.36. The van der Waals surface area contributed by atoms with Crippen molar-refractivity contribution >= 4 is 5.91 Å². The summed E-state index contributed by atoms with van der Waals surface area (Å²) in [5.41, 5.74) is 1.16.